The number of rotatable bonds is 3. The van der Waals surface area contributed by atoms with Crippen LogP contribution in [0.3, 0.4) is 0 Å². The molecular weight excluding hydrogens is 256 g/mol. The fourth-order valence-corrected chi connectivity index (χ4v) is 3.47. The van der Waals surface area contributed by atoms with Crippen LogP contribution in [0.25, 0.3) is 0 Å². The van der Waals surface area contributed by atoms with Gasteiger partial charge in [0.1, 0.15) is 0 Å². The minimum absolute atomic E-state index is 0.0375. The summed E-state index contributed by atoms with van der Waals surface area (Å²) in [6, 6.07) is 0.0375. The van der Waals surface area contributed by atoms with Crippen LogP contribution in [0.2, 0.25) is 0 Å². The maximum Gasteiger partial charge on any atom is 0.320 e. The normalized spacial score (nSPS) is 27.9. The van der Waals surface area contributed by atoms with Crippen LogP contribution in [0.1, 0.15) is 39.5 Å². The molecule has 0 spiro atoms. The molecule has 20 heavy (non-hydrogen) atoms. The van der Waals surface area contributed by atoms with E-state index < -0.39 is 11.9 Å². The highest BCUT2D eigenvalue weighted by molar-refractivity contribution is 5.77. The third-order valence-corrected chi connectivity index (χ3v) is 4.78. The Labute approximate surface area is 120 Å². The summed E-state index contributed by atoms with van der Waals surface area (Å²) in [5, 5.41) is 9.14. The summed E-state index contributed by atoms with van der Waals surface area (Å²) in [6.45, 7) is 6.71. The molecule has 0 aliphatic carbocycles. The van der Waals surface area contributed by atoms with E-state index in [0.717, 1.165) is 31.8 Å². The van der Waals surface area contributed by atoms with E-state index in [9.17, 15) is 9.59 Å². The SMILES string of the molecule is CCCC1CCN(C(=O)N2C[C@@H](C)[C@H](C(=O)O)C2)CC1. The van der Waals surface area contributed by atoms with Crippen molar-refractivity contribution in [2.75, 3.05) is 26.2 Å². The molecule has 2 atom stereocenters. The number of hydrogen-bond acceptors (Lipinski definition) is 2. The first-order chi connectivity index (χ1) is 9.52. The number of piperidine rings is 1. The molecule has 2 heterocycles. The number of carbonyl (C=O) groups excluding carboxylic acids is 1. The van der Waals surface area contributed by atoms with Gasteiger partial charge in [-0.1, -0.05) is 26.7 Å². The molecule has 0 saturated carbocycles. The summed E-state index contributed by atoms with van der Waals surface area (Å²) in [6.07, 6.45) is 4.64. The Balaban J connectivity index is 1.85. The molecule has 2 rings (SSSR count). The average Bonchev–Trinajstić information content (AvgIpc) is 2.81. The van der Waals surface area contributed by atoms with Gasteiger partial charge in [-0.05, 0) is 24.7 Å². The molecule has 0 radical (unpaired) electrons. The fraction of sp³-hybridized carbons (Fsp3) is 0.867. The molecule has 2 amide bonds. The second-order valence-electron chi connectivity index (χ2n) is 6.33. The summed E-state index contributed by atoms with van der Waals surface area (Å²) in [5.41, 5.74) is 0. The van der Waals surface area contributed by atoms with Crippen LogP contribution in [-0.4, -0.2) is 53.1 Å². The van der Waals surface area contributed by atoms with Crippen LogP contribution in [0.4, 0.5) is 4.79 Å². The highest BCUT2D eigenvalue weighted by atomic mass is 16.4. The highest BCUT2D eigenvalue weighted by Gasteiger charge is 2.38. The van der Waals surface area contributed by atoms with E-state index in [1.807, 2.05) is 11.8 Å². The minimum atomic E-state index is -0.783. The Morgan fingerprint density at radius 3 is 2.30 bits per heavy atom. The van der Waals surface area contributed by atoms with Gasteiger partial charge in [0.05, 0.1) is 5.92 Å². The molecule has 0 aromatic heterocycles. The zero-order valence-corrected chi connectivity index (χ0v) is 12.5. The van der Waals surface area contributed by atoms with Gasteiger partial charge >= 0.3 is 12.0 Å². The van der Waals surface area contributed by atoms with Gasteiger partial charge in [-0.25, -0.2) is 4.79 Å². The van der Waals surface area contributed by atoms with Gasteiger partial charge in [-0.15, -0.1) is 0 Å². The number of aliphatic carboxylic acids is 1. The standard InChI is InChI=1S/C15H26N2O3/c1-3-4-12-5-7-16(8-6-12)15(20)17-9-11(2)13(10-17)14(18)19/h11-13H,3-10H2,1-2H3,(H,18,19)/t11-,13-/m1/s1. The number of urea groups is 1. The lowest BCUT2D eigenvalue weighted by Crippen LogP contribution is -2.46. The molecule has 5 nitrogen and oxygen atoms in total. The van der Waals surface area contributed by atoms with Crippen LogP contribution in [0.5, 0.6) is 0 Å². The van der Waals surface area contributed by atoms with Crippen molar-refractivity contribution < 1.29 is 14.7 Å². The predicted octanol–water partition coefficient (Wildman–Crippen LogP) is 2.27. The summed E-state index contributed by atoms with van der Waals surface area (Å²) < 4.78 is 0. The summed E-state index contributed by atoms with van der Waals surface area (Å²) in [4.78, 5) is 27.2. The van der Waals surface area contributed by atoms with E-state index in [-0.39, 0.29) is 11.9 Å². The van der Waals surface area contributed by atoms with Gasteiger partial charge in [0.15, 0.2) is 0 Å². The third kappa shape index (κ3) is 3.25. The van der Waals surface area contributed by atoms with Gasteiger partial charge in [-0.3, -0.25) is 4.79 Å². The van der Waals surface area contributed by atoms with Crippen molar-refractivity contribution >= 4 is 12.0 Å². The van der Waals surface area contributed by atoms with E-state index in [0.29, 0.717) is 13.1 Å². The van der Waals surface area contributed by atoms with E-state index in [2.05, 4.69) is 6.92 Å². The fourth-order valence-electron chi connectivity index (χ4n) is 3.47. The molecule has 0 unspecified atom stereocenters. The topological polar surface area (TPSA) is 60.9 Å². The Morgan fingerprint density at radius 2 is 1.80 bits per heavy atom. The largest absolute Gasteiger partial charge is 0.481 e. The Bertz CT molecular complexity index is 364. The van der Waals surface area contributed by atoms with Crippen LogP contribution in [0.15, 0.2) is 0 Å². The number of likely N-dealkylation sites (tertiary alicyclic amines) is 2. The van der Waals surface area contributed by atoms with E-state index in [1.54, 1.807) is 4.90 Å². The van der Waals surface area contributed by atoms with Crippen molar-refractivity contribution in [1.29, 1.82) is 0 Å². The maximum atomic E-state index is 12.4. The second-order valence-corrected chi connectivity index (χ2v) is 6.33. The zero-order chi connectivity index (χ0) is 14.7. The van der Waals surface area contributed by atoms with Crippen molar-refractivity contribution in [2.45, 2.75) is 39.5 Å². The molecular formula is C15H26N2O3. The quantitative estimate of drug-likeness (QED) is 0.863. The first-order valence-corrected chi connectivity index (χ1v) is 7.79. The van der Waals surface area contributed by atoms with E-state index >= 15 is 0 Å². The molecule has 1 N–H and O–H groups in total. The lowest BCUT2D eigenvalue weighted by molar-refractivity contribution is -0.142. The number of carboxylic acid groups (broad SMARTS) is 1. The summed E-state index contributed by atoms with van der Waals surface area (Å²) in [7, 11) is 0. The number of nitrogens with zero attached hydrogens (tertiary/aromatic N) is 2. The summed E-state index contributed by atoms with van der Waals surface area (Å²) >= 11 is 0. The number of amides is 2. The number of hydrogen-bond donors (Lipinski definition) is 1. The smallest absolute Gasteiger partial charge is 0.320 e. The molecule has 2 fully saturated rings. The maximum absolute atomic E-state index is 12.4. The molecule has 0 aromatic rings. The first-order valence-electron chi connectivity index (χ1n) is 7.79. The number of carbonyl (C=O) groups is 2. The molecule has 0 aromatic carbocycles. The highest BCUT2D eigenvalue weighted by Crippen LogP contribution is 2.27. The van der Waals surface area contributed by atoms with Crippen LogP contribution >= 0.6 is 0 Å². The van der Waals surface area contributed by atoms with Gasteiger partial charge in [0.2, 0.25) is 0 Å². The van der Waals surface area contributed by atoms with Crippen molar-refractivity contribution in [3.05, 3.63) is 0 Å². The van der Waals surface area contributed by atoms with Gasteiger partial charge in [0.25, 0.3) is 0 Å². The third-order valence-electron chi connectivity index (χ3n) is 4.78. The van der Waals surface area contributed by atoms with Crippen molar-refractivity contribution in [1.82, 2.24) is 9.80 Å². The van der Waals surface area contributed by atoms with Crippen molar-refractivity contribution in [3.63, 3.8) is 0 Å². The van der Waals surface area contributed by atoms with Gasteiger partial charge in [-0.2, -0.15) is 0 Å². The van der Waals surface area contributed by atoms with Crippen LogP contribution < -0.4 is 0 Å². The monoisotopic (exact) mass is 282 g/mol. The van der Waals surface area contributed by atoms with E-state index in [4.69, 9.17) is 5.11 Å². The lowest BCUT2D eigenvalue weighted by atomic mass is 9.93. The molecule has 2 aliphatic rings. The zero-order valence-electron chi connectivity index (χ0n) is 12.5. The average molecular weight is 282 g/mol. The van der Waals surface area contributed by atoms with Crippen molar-refractivity contribution in [3.8, 4) is 0 Å². The molecule has 0 bridgehead atoms. The molecule has 2 aliphatic heterocycles. The minimum Gasteiger partial charge on any atom is -0.481 e. The van der Waals surface area contributed by atoms with Crippen LogP contribution in [0, 0.1) is 17.8 Å². The Hall–Kier alpha value is -1.26. The molecule has 114 valence electrons. The second kappa shape index (κ2) is 6.46. The number of carboxylic acids is 1. The Kier molecular flexibility index (Phi) is 4.89. The summed E-state index contributed by atoms with van der Waals surface area (Å²) in [5.74, 6) is -0.381. The van der Waals surface area contributed by atoms with Gasteiger partial charge < -0.3 is 14.9 Å². The van der Waals surface area contributed by atoms with Crippen molar-refractivity contribution in [2.24, 2.45) is 17.8 Å². The Morgan fingerprint density at radius 1 is 1.15 bits per heavy atom. The van der Waals surface area contributed by atoms with E-state index in [1.165, 1.54) is 12.8 Å². The molecule has 5 heteroatoms. The molecule has 2 saturated heterocycles. The predicted molar refractivity (Wildman–Crippen MR) is 76.5 cm³/mol. The lowest BCUT2D eigenvalue weighted by Gasteiger charge is -2.34. The van der Waals surface area contributed by atoms with Gasteiger partial charge in [0, 0.05) is 26.2 Å². The first kappa shape index (κ1) is 15.1. The van der Waals surface area contributed by atoms with Crippen LogP contribution in [-0.2, 0) is 4.79 Å².